The van der Waals surface area contributed by atoms with Crippen molar-refractivity contribution >= 4 is 11.6 Å². The molecule has 0 saturated carbocycles. The Labute approximate surface area is 126 Å². The first-order valence-corrected chi connectivity index (χ1v) is 7.97. The van der Waals surface area contributed by atoms with E-state index in [9.17, 15) is 4.39 Å². The van der Waals surface area contributed by atoms with Crippen molar-refractivity contribution in [1.82, 2.24) is 10.2 Å². The molecule has 0 aromatic heterocycles. The van der Waals surface area contributed by atoms with Crippen LogP contribution in [-0.2, 0) is 6.54 Å². The van der Waals surface area contributed by atoms with Crippen molar-refractivity contribution in [3.05, 3.63) is 34.6 Å². The van der Waals surface area contributed by atoms with Gasteiger partial charge < -0.3 is 5.32 Å². The van der Waals surface area contributed by atoms with E-state index in [1.165, 1.54) is 31.7 Å². The second-order valence-electron chi connectivity index (χ2n) is 5.59. The zero-order chi connectivity index (χ0) is 14.4. The fourth-order valence-electron chi connectivity index (χ4n) is 2.75. The standard InChI is InChI=1S/C16H24ClFN2/c1-2-3-10-20(12-14-7-5-9-19-14)11-13-6-4-8-15(18)16(13)17/h4,6,8,14,19H,2-3,5,7,9-12H2,1H3. The fraction of sp³-hybridized carbons (Fsp3) is 0.625. The zero-order valence-corrected chi connectivity index (χ0v) is 12.9. The molecule has 1 aliphatic rings. The Morgan fingerprint density at radius 2 is 2.30 bits per heavy atom. The van der Waals surface area contributed by atoms with Crippen molar-refractivity contribution in [3.63, 3.8) is 0 Å². The molecule has 0 aliphatic carbocycles. The number of benzene rings is 1. The van der Waals surface area contributed by atoms with Crippen LogP contribution in [0.15, 0.2) is 18.2 Å². The summed E-state index contributed by atoms with van der Waals surface area (Å²) < 4.78 is 13.5. The number of rotatable bonds is 7. The molecule has 0 bridgehead atoms. The normalized spacial score (nSPS) is 18.9. The van der Waals surface area contributed by atoms with Crippen LogP contribution in [0.5, 0.6) is 0 Å². The highest BCUT2D eigenvalue weighted by atomic mass is 35.5. The minimum atomic E-state index is -0.321. The van der Waals surface area contributed by atoms with Gasteiger partial charge in [0, 0.05) is 19.1 Å². The van der Waals surface area contributed by atoms with E-state index in [1.54, 1.807) is 6.07 Å². The molecule has 2 rings (SSSR count). The van der Waals surface area contributed by atoms with Crippen molar-refractivity contribution < 1.29 is 4.39 Å². The number of nitrogens with one attached hydrogen (secondary N) is 1. The van der Waals surface area contributed by atoms with Gasteiger partial charge in [0.1, 0.15) is 5.82 Å². The summed E-state index contributed by atoms with van der Waals surface area (Å²) in [5.41, 5.74) is 0.890. The molecule has 1 unspecified atom stereocenters. The monoisotopic (exact) mass is 298 g/mol. The molecule has 1 aromatic carbocycles. The van der Waals surface area contributed by atoms with E-state index < -0.39 is 0 Å². The van der Waals surface area contributed by atoms with Crippen LogP contribution in [0.4, 0.5) is 4.39 Å². The van der Waals surface area contributed by atoms with Crippen LogP contribution in [0.1, 0.15) is 38.2 Å². The predicted octanol–water partition coefficient (Wildman–Crippen LogP) is 3.83. The number of nitrogens with zero attached hydrogens (tertiary/aromatic N) is 1. The smallest absolute Gasteiger partial charge is 0.142 e. The van der Waals surface area contributed by atoms with Crippen LogP contribution in [-0.4, -0.2) is 30.6 Å². The third-order valence-corrected chi connectivity index (χ3v) is 4.32. The Kier molecular flexibility index (Phi) is 6.27. The molecule has 2 nitrogen and oxygen atoms in total. The average Bonchev–Trinajstić information content (AvgIpc) is 2.94. The van der Waals surface area contributed by atoms with Crippen molar-refractivity contribution in [3.8, 4) is 0 Å². The molecule has 1 saturated heterocycles. The second kappa shape index (κ2) is 7.96. The minimum absolute atomic E-state index is 0.272. The van der Waals surface area contributed by atoms with Crippen molar-refractivity contribution in [1.29, 1.82) is 0 Å². The molecule has 1 fully saturated rings. The van der Waals surface area contributed by atoms with Crippen LogP contribution in [0.2, 0.25) is 5.02 Å². The lowest BCUT2D eigenvalue weighted by Crippen LogP contribution is -2.37. The molecule has 112 valence electrons. The first-order chi connectivity index (χ1) is 9.70. The van der Waals surface area contributed by atoms with E-state index in [1.807, 2.05) is 6.07 Å². The van der Waals surface area contributed by atoms with Crippen LogP contribution >= 0.6 is 11.6 Å². The summed E-state index contributed by atoms with van der Waals surface area (Å²) in [4.78, 5) is 2.40. The Balaban J connectivity index is 1.99. The SMILES string of the molecule is CCCCN(Cc1cccc(F)c1Cl)CC1CCCN1. The van der Waals surface area contributed by atoms with Crippen LogP contribution < -0.4 is 5.32 Å². The maximum Gasteiger partial charge on any atom is 0.142 e. The van der Waals surface area contributed by atoms with Gasteiger partial charge in [-0.3, -0.25) is 4.90 Å². The van der Waals surface area contributed by atoms with Gasteiger partial charge in [-0.1, -0.05) is 37.1 Å². The van der Waals surface area contributed by atoms with Crippen LogP contribution in [0.25, 0.3) is 0 Å². The average molecular weight is 299 g/mol. The van der Waals surface area contributed by atoms with E-state index >= 15 is 0 Å². The summed E-state index contributed by atoms with van der Waals surface area (Å²) >= 11 is 6.07. The molecular weight excluding hydrogens is 275 g/mol. The Morgan fingerprint density at radius 3 is 3.00 bits per heavy atom. The van der Waals surface area contributed by atoms with Gasteiger partial charge in [0.25, 0.3) is 0 Å². The van der Waals surface area contributed by atoms with Gasteiger partial charge in [0.05, 0.1) is 5.02 Å². The van der Waals surface area contributed by atoms with E-state index in [2.05, 4.69) is 17.1 Å². The Morgan fingerprint density at radius 1 is 1.45 bits per heavy atom. The number of hydrogen-bond donors (Lipinski definition) is 1. The molecule has 1 aliphatic heterocycles. The van der Waals surface area contributed by atoms with Crippen molar-refractivity contribution in [2.75, 3.05) is 19.6 Å². The molecule has 1 atom stereocenters. The summed E-state index contributed by atoms with van der Waals surface area (Å²) in [5.74, 6) is -0.321. The third kappa shape index (κ3) is 4.44. The van der Waals surface area contributed by atoms with Crippen molar-refractivity contribution in [2.45, 2.75) is 45.2 Å². The highest BCUT2D eigenvalue weighted by molar-refractivity contribution is 6.31. The maximum absolute atomic E-state index is 13.5. The summed E-state index contributed by atoms with van der Waals surface area (Å²) in [6.07, 6.45) is 4.83. The minimum Gasteiger partial charge on any atom is -0.313 e. The molecule has 1 heterocycles. The molecule has 0 amide bonds. The fourth-order valence-corrected chi connectivity index (χ4v) is 2.94. The lowest BCUT2D eigenvalue weighted by molar-refractivity contribution is 0.237. The second-order valence-corrected chi connectivity index (χ2v) is 5.97. The van der Waals surface area contributed by atoms with Gasteiger partial charge in [-0.05, 0) is 44.0 Å². The van der Waals surface area contributed by atoms with Gasteiger partial charge >= 0.3 is 0 Å². The highest BCUT2D eigenvalue weighted by Crippen LogP contribution is 2.22. The molecule has 4 heteroatoms. The number of halogens is 2. The van der Waals surface area contributed by atoms with Crippen LogP contribution in [0.3, 0.4) is 0 Å². The first kappa shape index (κ1) is 15.7. The molecular formula is C16H24ClFN2. The van der Waals surface area contributed by atoms with Gasteiger partial charge in [-0.25, -0.2) is 4.39 Å². The quantitative estimate of drug-likeness (QED) is 0.823. The van der Waals surface area contributed by atoms with E-state index in [0.29, 0.717) is 6.04 Å². The molecule has 1 N–H and O–H groups in total. The highest BCUT2D eigenvalue weighted by Gasteiger charge is 2.18. The molecule has 0 spiro atoms. The predicted molar refractivity (Wildman–Crippen MR) is 82.6 cm³/mol. The third-order valence-electron chi connectivity index (χ3n) is 3.89. The lowest BCUT2D eigenvalue weighted by Gasteiger charge is -2.26. The van der Waals surface area contributed by atoms with Gasteiger partial charge in [-0.2, -0.15) is 0 Å². The van der Waals surface area contributed by atoms with Crippen molar-refractivity contribution in [2.24, 2.45) is 0 Å². The van der Waals surface area contributed by atoms with E-state index in [0.717, 1.165) is 31.7 Å². The largest absolute Gasteiger partial charge is 0.313 e. The van der Waals surface area contributed by atoms with Gasteiger partial charge in [0.15, 0.2) is 0 Å². The summed E-state index contributed by atoms with van der Waals surface area (Å²) in [6, 6.07) is 5.65. The van der Waals surface area contributed by atoms with Gasteiger partial charge in [-0.15, -0.1) is 0 Å². The number of hydrogen-bond acceptors (Lipinski definition) is 2. The topological polar surface area (TPSA) is 15.3 Å². The molecule has 1 aromatic rings. The number of unbranched alkanes of at least 4 members (excludes halogenated alkanes) is 1. The van der Waals surface area contributed by atoms with Crippen LogP contribution in [0, 0.1) is 5.82 Å². The summed E-state index contributed by atoms with van der Waals surface area (Å²) in [6.45, 7) is 6.11. The lowest BCUT2D eigenvalue weighted by atomic mass is 10.1. The Hall–Kier alpha value is -0.640. The Bertz CT molecular complexity index is 419. The maximum atomic E-state index is 13.5. The summed E-state index contributed by atoms with van der Waals surface area (Å²) in [5, 5.41) is 3.80. The van der Waals surface area contributed by atoms with E-state index in [4.69, 9.17) is 11.6 Å². The molecule has 0 radical (unpaired) electrons. The first-order valence-electron chi connectivity index (χ1n) is 7.59. The van der Waals surface area contributed by atoms with E-state index in [-0.39, 0.29) is 10.8 Å². The van der Waals surface area contributed by atoms with Gasteiger partial charge in [0.2, 0.25) is 0 Å². The molecule has 20 heavy (non-hydrogen) atoms. The zero-order valence-electron chi connectivity index (χ0n) is 12.2. The summed E-state index contributed by atoms with van der Waals surface area (Å²) in [7, 11) is 0.